The molecule has 8 heteroatoms. The summed E-state index contributed by atoms with van der Waals surface area (Å²) in [6.07, 6.45) is 8.13. The van der Waals surface area contributed by atoms with E-state index in [1.54, 1.807) is 24.7 Å². The van der Waals surface area contributed by atoms with Gasteiger partial charge in [-0.25, -0.2) is 15.0 Å². The first kappa shape index (κ1) is 16.3. The van der Waals surface area contributed by atoms with Gasteiger partial charge < -0.3 is 9.42 Å². The Morgan fingerprint density at radius 1 is 1.27 bits per heavy atom. The Kier molecular flexibility index (Phi) is 4.16. The molecule has 0 radical (unpaired) electrons. The number of nitrogens with zero attached hydrogens (tertiary/aromatic N) is 6. The van der Waals surface area contributed by atoms with Gasteiger partial charge in [-0.15, -0.1) is 0 Å². The minimum Gasteiger partial charge on any atom is -0.361 e. The first-order chi connectivity index (χ1) is 12.6. The molecule has 4 rings (SSSR count). The highest BCUT2D eigenvalue weighted by Gasteiger charge is 2.32. The summed E-state index contributed by atoms with van der Waals surface area (Å²) in [5.41, 5.74) is 3.49. The number of carbonyl (C=O) groups is 1. The molecule has 132 valence electrons. The first-order valence-corrected chi connectivity index (χ1v) is 8.47. The Hall–Kier alpha value is -3.16. The highest BCUT2D eigenvalue weighted by molar-refractivity contribution is 5.92. The van der Waals surface area contributed by atoms with Gasteiger partial charge in [0.2, 0.25) is 0 Å². The molecule has 0 saturated carbocycles. The van der Waals surface area contributed by atoms with E-state index < -0.39 is 0 Å². The number of aryl methyl sites for hydroxylation is 2. The molecule has 1 aliphatic heterocycles. The maximum Gasteiger partial charge on any atom is 0.273 e. The molecule has 0 unspecified atom stereocenters. The normalized spacial score (nSPS) is 16.8. The topological polar surface area (TPSA) is 97.9 Å². The molecule has 1 saturated heterocycles. The summed E-state index contributed by atoms with van der Waals surface area (Å²) in [7, 11) is 0. The predicted octanol–water partition coefficient (Wildman–Crippen LogP) is 2.52. The van der Waals surface area contributed by atoms with Crippen molar-refractivity contribution in [3.05, 3.63) is 53.8 Å². The molecule has 1 atom stereocenters. The van der Waals surface area contributed by atoms with Crippen molar-refractivity contribution in [2.24, 2.45) is 0 Å². The molecular formula is C18H18N6O2. The quantitative estimate of drug-likeness (QED) is 0.716. The molecule has 3 aromatic heterocycles. The van der Waals surface area contributed by atoms with Gasteiger partial charge in [-0.2, -0.15) is 0 Å². The zero-order valence-corrected chi connectivity index (χ0v) is 14.6. The largest absolute Gasteiger partial charge is 0.361 e. The molecule has 3 aromatic rings. The number of aromatic nitrogens is 5. The second-order valence-corrected chi connectivity index (χ2v) is 6.28. The van der Waals surface area contributed by atoms with Crippen LogP contribution < -0.4 is 0 Å². The number of carbonyl (C=O) groups excluding carboxylic acids is 1. The maximum atomic E-state index is 12.8. The van der Waals surface area contributed by atoms with Gasteiger partial charge in [0.1, 0.15) is 17.8 Å². The Morgan fingerprint density at radius 3 is 2.88 bits per heavy atom. The van der Waals surface area contributed by atoms with Crippen LogP contribution in [0.3, 0.4) is 0 Å². The first-order valence-electron chi connectivity index (χ1n) is 8.47. The molecular weight excluding hydrogens is 332 g/mol. The Morgan fingerprint density at radius 2 is 2.15 bits per heavy atom. The van der Waals surface area contributed by atoms with E-state index in [0.29, 0.717) is 23.7 Å². The number of likely N-dealkylation sites (tertiary alicyclic amines) is 1. The maximum absolute atomic E-state index is 12.8. The second kappa shape index (κ2) is 6.62. The van der Waals surface area contributed by atoms with Gasteiger partial charge in [-0.3, -0.25) is 9.78 Å². The molecule has 1 amide bonds. The lowest BCUT2D eigenvalue weighted by molar-refractivity contribution is 0.0726. The van der Waals surface area contributed by atoms with E-state index in [9.17, 15) is 4.79 Å². The molecule has 0 spiro atoms. The zero-order valence-electron chi connectivity index (χ0n) is 14.6. The molecule has 4 heterocycles. The van der Waals surface area contributed by atoms with Crippen LogP contribution in [0.5, 0.6) is 0 Å². The van der Waals surface area contributed by atoms with E-state index in [2.05, 4.69) is 20.1 Å². The van der Waals surface area contributed by atoms with Crippen LogP contribution in [0.25, 0.3) is 11.3 Å². The van der Waals surface area contributed by atoms with Crippen LogP contribution in [0.2, 0.25) is 0 Å². The van der Waals surface area contributed by atoms with Crippen molar-refractivity contribution >= 4 is 5.91 Å². The van der Waals surface area contributed by atoms with Gasteiger partial charge in [-0.05, 0) is 32.8 Å². The summed E-state index contributed by atoms with van der Waals surface area (Å²) in [4.78, 5) is 31.7. The molecule has 8 nitrogen and oxygen atoms in total. The van der Waals surface area contributed by atoms with Crippen LogP contribution in [0.15, 0.2) is 35.5 Å². The highest BCUT2D eigenvalue weighted by atomic mass is 16.5. The number of hydrogen-bond donors (Lipinski definition) is 0. The predicted molar refractivity (Wildman–Crippen MR) is 92.0 cm³/mol. The third-order valence-electron chi connectivity index (χ3n) is 4.60. The fourth-order valence-electron chi connectivity index (χ4n) is 3.39. The van der Waals surface area contributed by atoms with Crippen molar-refractivity contribution in [3.8, 4) is 11.3 Å². The van der Waals surface area contributed by atoms with E-state index in [1.165, 1.54) is 6.33 Å². The van der Waals surface area contributed by atoms with Gasteiger partial charge in [0, 0.05) is 12.7 Å². The average Bonchev–Trinajstić information content (AvgIpc) is 3.29. The minimum absolute atomic E-state index is 0.112. The van der Waals surface area contributed by atoms with Crippen LogP contribution >= 0.6 is 0 Å². The standard InChI is InChI=1S/C18H18N6O2/c1-11-17(12(2)26-23-11)15-9-20-8-14(22-15)16-4-3-7-24(16)18(25)13-5-6-19-10-21-13/h5-6,8-10,16H,3-4,7H2,1-2H3/t16-/m1/s1. The molecule has 1 fully saturated rings. The van der Waals surface area contributed by atoms with Crippen LogP contribution in [0.4, 0.5) is 0 Å². The monoisotopic (exact) mass is 350 g/mol. The Bertz CT molecular complexity index is 920. The molecule has 0 aromatic carbocycles. The number of rotatable bonds is 3. The second-order valence-electron chi connectivity index (χ2n) is 6.28. The van der Waals surface area contributed by atoms with E-state index in [0.717, 1.165) is 29.8 Å². The minimum atomic E-state index is -0.120. The van der Waals surface area contributed by atoms with E-state index in [4.69, 9.17) is 9.51 Å². The third-order valence-corrected chi connectivity index (χ3v) is 4.60. The summed E-state index contributed by atoms with van der Waals surface area (Å²) in [6, 6.07) is 1.51. The smallest absolute Gasteiger partial charge is 0.273 e. The third kappa shape index (κ3) is 2.83. The van der Waals surface area contributed by atoms with Crippen molar-refractivity contribution < 1.29 is 9.32 Å². The Balaban J connectivity index is 1.67. The van der Waals surface area contributed by atoms with Gasteiger partial charge in [0.15, 0.2) is 0 Å². The van der Waals surface area contributed by atoms with E-state index >= 15 is 0 Å². The van der Waals surface area contributed by atoms with Gasteiger partial charge >= 0.3 is 0 Å². The highest BCUT2D eigenvalue weighted by Crippen LogP contribution is 2.33. The molecule has 0 bridgehead atoms. The van der Waals surface area contributed by atoms with Crippen molar-refractivity contribution in [2.75, 3.05) is 6.54 Å². The number of hydrogen-bond acceptors (Lipinski definition) is 7. The lowest BCUT2D eigenvalue weighted by atomic mass is 10.1. The van der Waals surface area contributed by atoms with Crippen molar-refractivity contribution in [2.45, 2.75) is 32.7 Å². The summed E-state index contributed by atoms with van der Waals surface area (Å²) >= 11 is 0. The summed E-state index contributed by atoms with van der Waals surface area (Å²) in [5.74, 6) is 0.591. The van der Waals surface area contributed by atoms with Crippen LogP contribution in [0, 0.1) is 13.8 Å². The van der Waals surface area contributed by atoms with E-state index in [-0.39, 0.29) is 11.9 Å². The zero-order chi connectivity index (χ0) is 18.1. The lowest BCUT2D eigenvalue weighted by Gasteiger charge is -2.24. The molecule has 1 aliphatic rings. The number of amides is 1. The lowest BCUT2D eigenvalue weighted by Crippen LogP contribution is -2.31. The van der Waals surface area contributed by atoms with Crippen LogP contribution in [-0.4, -0.2) is 42.4 Å². The van der Waals surface area contributed by atoms with Gasteiger partial charge in [0.25, 0.3) is 5.91 Å². The van der Waals surface area contributed by atoms with E-state index in [1.807, 2.05) is 18.7 Å². The molecule has 26 heavy (non-hydrogen) atoms. The van der Waals surface area contributed by atoms with Crippen molar-refractivity contribution in [1.29, 1.82) is 0 Å². The molecule has 0 N–H and O–H groups in total. The summed E-state index contributed by atoms with van der Waals surface area (Å²) in [6.45, 7) is 4.40. The van der Waals surface area contributed by atoms with Crippen molar-refractivity contribution in [1.82, 2.24) is 30.0 Å². The van der Waals surface area contributed by atoms with Crippen LogP contribution in [-0.2, 0) is 0 Å². The van der Waals surface area contributed by atoms with Crippen molar-refractivity contribution in [3.63, 3.8) is 0 Å². The van der Waals surface area contributed by atoms with Crippen LogP contribution in [0.1, 0.15) is 46.5 Å². The summed E-state index contributed by atoms with van der Waals surface area (Å²) in [5, 5.41) is 3.98. The molecule has 0 aliphatic carbocycles. The van der Waals surface area contributed by atoms with Gasteiger partial charge in [0.05, 0.1) is 41.1 Å². The van der Waals surface area contributed by atoms with Gasteiger partial charge in [-0.1, -0.05) is 5.16 Å². The summed E-state index contributed by atoms with van der Waals surface area (Å²) < 4.78 is 5.24. The fraction of sp³-hybridized carbons (Fsp3) is 0.333. The Labute approximate surface area is 150 Å². The SMILES string of the molecule is Cc1noc(C)c1-c1cncc([C@H]2CCCN2C(=O)c2ccncn2)n1. The fourth-order valence-corrected chi connectivity index (χ4v) is 3.39. The average molecular weight is 350 g/mol.